The standard InChI is InChI=1S/C16H20ClN3O4/c1-10(15(22)23)9-19(2)16(24)18-13-7-8-20(14(13)21)12-5-3-11(17)4-6-12/h3-6,10,13H,7-9H2,1-2H3,(H,18,24)(H,22,23). The van der Waals surface area contributed by atoms with Gasteiger partial charge in [0.05, 0.1) is 5.92 Å². The second-order valence-corrected chi connectivity index (χ2v) is 6.31. The number of halogens is 1. The summed E-state index contributed by atoms with van der Waals surface area (Å²) in [5, 5.41) is 12.1. The minimum Gasteiger partial charge on any atom is -0.481 e. The molecule has 1 heterocycles. The molecule has 0 spiro atoms. The van der Waals surface area contributed by atoms with Gasteiger partial charge in [-0.1, -0.05) is 18.5 Å². The van der Waals surface area contributed by atoms with E-state index in [0.717, 1.165) is 5.69 Å². The Morgan fingerprint density at radius 2 is 2.04 bits per heavy atom. The van der Waals surface area contributed by atoms with E-state index >= 15 is 0 Å². The molecule has 1 fully saturated rings. The fourth-order valence-electron chi connectivity index (χ4n) is 2.52. The zero-order valence-corrected chi connectivity index (χ0v) is 14.3. The zero-order chi connectivity index (χ0) is 17.9. The highest BCUT2D eigenvalue weighted by Gasteiger charge is 2.34. The Morgan fingerprint density at radius 3 is 2.62 bits per heavy atom. The Kier molecular flexibility index (Phi) is 5.66. The lowest BCUT2D eigenvalue weighted by molar-refractivity contribution is -0.141. The Balaban J connectivity index is 1.94. The number of aliphatic carboxylic acids is 1. The average molecular weight is 354 g/mol. The lowest BCUT2D eigenvalue weighted by Gasteiger charge is -2.22. The van der Waals surface area contributed by atoms with Crippen LogP contribution in [-0.2, 0) is 9.59 Å². The van der Waals surface area contributed by atoms with Crippen molar-refractivity contribution in [2.45, 2.75) is 19.4 Å². The van der Waals surface area contributed by atoms with E-state index in [9.17, 15) is 14.4 Å². The Labute approximate surface area is 145 Å². The third kappa shape index (κ3) is 4.17. The summed E-state index contributed by atoms with van der Waals surface area (Å²) >= 11 is 5.84. The molecule has 2 rings (SSSR count). The van der Waals surface area contributed by atoms with Crippen LogP contribution < -0.4 is 10.2 Å². The number of nitrogens with one attached hydrogen (secondary N) is 1. The van der Waals surface area contributed by atoms with Crippen LogP contribution in [0.2, 0.25) is 5.02 Å². The number of carbonyl (C=O) groups excluding carboxylic acids is 2. The van der Waals surface area contributed by atoms with Crippen molar-refractivity contribution < 1.29 is 19.5 Å². The van der Waals surface area contributed by atoms with Crippen molar-refractivity contribution >= 4 is 35.2 Å². The third-order valence-corrected chi connectivity index (χ3v) is 4.21. The van der Waals surface area contributed by atoms with Crippen LogP contribution in [0.25, 0.3) is 0 Å². The number of hydrogen-bond acceptors (Lipinski definition) is 3. The third-order valence-electron chi connectivity index (χ3n) is 3.96. The summed E-state index contributed by atoms with van der Waals surface area (Å²) in [6.45, 7) is 2.10. The Hall–Kier alpha value is -2.28. The zero-order valence-electron chi connectivity index (χ0n) is 13.5. The monoisotopic (exact) mass is 353 g/mol. The first-order valence-corrected chi connectivity index (χ1v) is 7.98. The minimum absolute atomic E-state index is 0.0724. The Morgan fingerprint density at radius 1 is 1.42 bits per heavy atom. The summed E-state index contributed by atoms with van der Waals surface area (Å²) in [5.41, 5.74) is 0.731. The van der Waals surface area contributed by atoms with E-state index in [-0.39, 0.29) is 12.5 Å². The van der Waals surface area contributed by atoms with E-state index in [1.54, 1.807) is 29.2 Å². The van der Waals surface area contributed by atoms with Crippen molar-refractivity contribution in [1.29, 1.82) is 0 Å². The summed E-state index contributed by atoms with van der Waals surface area (Å²) in [7, 11) is 1.51. The van der Waals surface area contributed by atoms with Crippen molar-refractivity contribution in [1.82, 2.24) is 10.2 Å². The number of amides is 3. The molecule has 130 valence electrons. The summed E-state index contributed by atoms with van der Waals surface area (Å²) in [5.74, 6) is -1.84. The van der Waals surface area contributed by atoms with Crippen molar-refractivity contribution in [2.24, 2.45) is 5.92 Å². The molecule has 1 aromatic carbocycles. The van der Waals surface area contributed by atoms with Crippen molar-refractivity contribution in [3.8, 4) is 0 Å². The van der Waals surface area contributed by atoms with Crippen LogP contribution in [0, 0.1) is 5.92 Å². The second kappa shape index (κ2) is 7.53. The molecule has 0 saturated carbocycles. The van der Waals surface area contributed by atoms with Gasteiger partial charge in [0, 0.05) is 30.8 Å². The maximum Gasteiger partial charge on any atom is 0.317 e. The van der Waals surface area contributed by atoms with E-state index in [1.807, 2.05) is 0 Å². The maximum absolute atomic E-state index is 12.4. The molecule has 24 heavy (non-hydrogen) atoms. The van der Waals surface area contributed by atoms with Gasteiger partial charge >= 0.3 is 12.0 Å². The van der Waals surface area contributed by atoms with Gasteiger partial charge in [0.15, 0.2) is 0 Å². The van der Waals surface area contributed by atoms with E-state index in [2.05, 4.69) is 5.32 Å². The maximum atomic E-state index is 12.4. The largest absolute Gasteiger partial charge is 0.481 e. The lowest BCUT2D eigenvalue weighted by Crippen LogP contribution is -2.48. The molecule has 2 unspecified atom stereocenters. The highest BCUT2D eigenvalue weighted by molar-refractivity contribution is 6.30. The molecule has 2 N–H and O–H groups in total. The SMILES string of the molecule is CC(CN(C)C(=O)NC1CCN(c2ccc(Cl)cc2)C1=O)C(=O)O. The molecule has 8 heteroatoms. The van der Waals surface area contributed by atoms with Crippen LogP contribution in [0.3, 0.4) is 0 Å². The lowest BCUT2D eigenvalue weighted by atomic mass is 10.2. The van der Waals surface area contributed by atoms with E-state index in [1.165, 1.54) is 18.9 Å². The first kappa shape index (κ1) is 18.1. The fraction of sp³-hybridized carbons (Fsp3) is 0.438. The molecule has 1 aliphatic rings. The highest BCUT2D eigenvalue weighted by Crippen LogP contribution is 2.23. The molecule has 0 bridgehead atoms. The number of carboxylic acids is 1. The van der Waals surface area contributed by atoms with Gasteiger partial charge in [-0.15, -0.1) is 0 Å². The molecule has 0 aromatic heterocycles. The van der Waals surface area contributed by atoms with Gasteiger partial charge in [-0.3, -0.25) is 9.59 Å². The van der Waals surface area contributed by atoms with Crippen LogP contribution in [0.4, 0.5) is 10.5 Å². The van der Waals surface area contributed by atoms with Crippen LogP contribution in [0.5, 0.6) is 0 Å². The highest BCUT2D eigenvalue weighted by atomic mass is 35.5. The van der Waals surface area contributed by atoms with Crippen molar-refractivity contribution in [3.05, 3.63) is 29.3 Å². The quantitative estimate of drug-likeness (QED) is 0.844. The number of anilines is 1. The summed E-state index contributed by atoms with van der Waals surface area (Å²) in [6, 6.07) is 5.85. The number of hydrogen-bond donors (Lipinski definition) is 2. The molecular weight excluding hydrogens is 334 g/mol. The molecule has 1 saturated heterocycles. The van der Waals surface area contributed by atoms with Crippen LogP contribution >= 0.6 is 11.6 Å². The van der Waals surface area contributed by atoms with Crippen LogP contribution in [-0.4, -0.2) is 54.1 Å². The van der Waals surface area contributed by atoms with Crippen molar-refractivity contribution in [3.63, 3.8) is 0 Å². The number of rotatable bonds is 5. The summed E-state index contributed by atoms with van der Waals surface area (Å²) < 4.78 is 0. The number of urea groups is 1. The van der Waals surface area contributed by atoms with Gasteiger partial charge in [-0.25, -0.2) is 4.79 Å². The van der Waals surface area contributed by atoms with E-state index in [0.29, 0.717) is 18.0 Å². The van der Waals surface area contributed by atoms with Gasteiger partial charge in [-0.2, -0.15) is 0 Å². The van der Waals surface area contributed by atoms with Gasteiger partial charge in [0.25, 0.3) is 0 Å². The van der Waals surface area contributed by atoms with Crippen molar-refractivity contribution in [2.75, 3.05) is 25.0 Å². The number of carbonyl (C=O) groups is 3. The van der Waals surface area contributed by atoms with Crippen LogP contribution in [0.15, 0.2) is 24.3 Å². The fourth-order valence-corrected chi connectivity index (χ4v) is 2.65. The molecule has 0 radical (unpaired) electrons. The smallest absolute Gasteiger partial charge is 0.317 e. The predicted octanol–water partition coefficient (Wildman–Crippen LogP) is 1.81. The predicted molar refractivity (Wildman–Crippen MR) is 90.2 cm³/mol. The average Bonchev–Trinajstić information content (AvgIpc) is 2.89. The van der Waals surface area contributed by atoms with E-state index < -0.39 is 24.0 Å². The number of benzene rings is 1. The first-order chi connectivity index (χ1) is 11.3. The Bertz CT molecular complexity index is 635. The molecular formula is C16H20ClN3O4. The number of nitrogens with zero attached hydrogens (tertiary/aromatic N) is 2. The van der Waals surface area contributed by atoms with Gasteiger partial charge in [0.2, 0.25) is 5.91 Å². The number of carboxylic acid groups (broad SMARTS) is 1. The molecule has 2 atom stereocenters. The molecule has 1 aromatic rings. The van der Waals surface area contributed by atoms with Crippen LogP contribution in [0.1, 0.15) is 13.3 Å². The molecule has 1 aliphatic heterocycles. The molecule has 7 nitrogen and oxygen atoms in total. The van der Waals surface area contributed by atoms with Gasteiger partial charge in [-0.05, 0) is 30.7 Å². The second-order valence-electron chi connectivity index (χ2n) is 5.88. The minimum atomic E-state index is -0.972. The normalized spacial score (nSPS) is 18.4. The van der Waals surface area contributed by atoms with Gasteiger partial charge < -0.3 is 20.2 Å². The first-order valence-electron chi connectivity index (χ1n) is 7.61. The molecule has 3 amide bonds. The topological polar surface area (TPSA) is 90.0 Å². The summed E-state index contributed by atoms with van der Waals surface area (Å²) in [4.78, 5) is 38.3. The molecule has 0 aliphatic carbocycles. The van der Waals surface area contributed by atoms with E-state index in [4.69, 9.17) is 16.7 Å². The summed E-state index contributed by atoms with van der Waals surface area (Å²) in [6.07, 6.45) is 0.496. The van der Waals surface area contributed by atoms with Gasteiger partial charge in [0.1, 0.15) is 6.04 Å².